The van der Waals surface area contributed by atoms with Crippen molar-refractivity contribution in [2.45, 2.75) is 26.7 Å². The van der Waals surface area contributed by atoms with Crippen molar-refractivity contribution in [2.75, 3.05) is 17.2 Å². The van der Waals surface area contributed by atoms with E-state index in [9.17, 15) is 4.79 Å². The predicted molar refractivity (Wildman–Crippen MR) is 111 cm³/mol. The van der Waals surface area contributed by atoms with Crippen LogP contribution in [0.3, 0.4) is 0 Å². The van der Waals surface area contributed by atoms with Crippen molar-refractivity contribution in [1.82, 2.24) is 9.97 Å². The van der Waals surface area contributed by atoms with Crippen LogP contribution in [0.4, 0.5) is 17.2 Å². The summed E-state index contributed by atoms with van der Waals surface area (Å²) in [6.07, 6.45) is 2.98. The van der Waals surface area contributed by atoms with Crippen molar-refractivity contribution < 1.29 is 9.53 Å². The topological polar surface area (TPSA) is 76.1 Å². The van der Waals surface area contributed by atoms with E-state index in [0.29, 0.717) is 18.3 Å². The van der Waals surface area contributed by atoms with Gasteiger partial charge >= 0.3 is 0 Å². The molecule has 28 heavy (non-hydrogen) atoms. The lowest BCUT2D eigenvalue weighted by atomic mass is 10.0. The second kappa shape index (κ2) is 8.99. The van der Waals surface area contributed by atoms with Crippen molar-refractivity contribution >= 4 is 23.1 Å². The van der Waals surface area contributed by atoms with Gasteiger partial charge in [0.05, 0.1) is 24.7 Å². The largest absolute Gasteiger partial charge is 0.492 e. The number of hydrogen-bond acceptors (Lipinski definition) is 5. The Kier molecular flexibility index (Phi) is 6.22. The first-order valence-electron chi connectivity index (χ1n) is 9.29. The molecule has 6 heteroatoms. The van der Waals surface area contributed by atoms with Crippen LogP contribution in [0.2, 0.25) is 0 Å². The predicted octanol–water partition coefficient (Wildman–Crippen LogP) is 4.99. The molecule has 0 unspecified atom stereocenters. The molecule has 144 valence electrons. The van der Waals surface area contributed by atoms with Gasteiger partial charge in [-0.1, -0.05) is 38.1 Å². The molecule has 0 aliphatic heterocycles. The number of aromatic nitrogens is 2. The number of anilines is 3. The van der Waals surface area contributed by atoms with E-state index in [1.807, 2.05) is 55.5 Å². The van der Waals surface area contributed by atoms with Gasteiger partial charge in [0.15, 0.2) is 0 Å². The lowest BCUT2D eigenvalue weighted by Crippen LogP contribution is -2.14. The Labute approximate surface area is 165 Å². The standard InChI is InChI=1S/C22H24N4O2/c1-4-28-20-8-6-5-7-18(20)26-21-14-23-19(13-24-21)22(27)25-17-11-9-16(10-12-17)15(2)3/h5-15H,4H2,1-3H3,(H,24,26)(H,25,27). The van der Waals surface area contributed by atoms with Crippen LogP contribution in [0.15, 0.2) is 60.9 Å². The highest BCUT2D eigenvalue weighted by atomic mass is 16.5. The van der Waals surface area contributed by atoms with Gasteiger partial charge in [0, 0.05) is 5.69 Å². The van der Waals surface area contributed by atoms with Gasteiger partial charge in [0.25, 0.3) is 5.91 Å². The molecule has 1 aromatic heterocycles. The number of carbonyl (C=O) groups excluding carboxylic acids is 1. The number of benzene rings is 2. The third-order valence-electron chi connectivity index (χ3n) is 4.17. The molecule has 2 aromatic carbocycles. The van der Waals surface area contributed by atoms with Crippen LogP contribution >= 0.6 is 0 Å². The van der Waals surface area contributed by atoms with Gasteiger partial charge < -0.3 is 15.4 Å². The molecule has 3 aromatic rings. The summed E-state index contributed by atoms with van der Waals surface area (Å²) in [4.78, 5) is 20.9. The van der Waals surface area contributed by atoms with E-state index >= 15 is 0 Å². The highest BCUT2D eigenvalue weighted by Gasteiger charge is 2.10. The maximum Gasteiger partial charge on any atom is 0.275 e. The minimum Gasteiger partial charge on any atom is -0.492 e. The number of nitrogens with zero attached hydrogens (tertiary/aromatic N) is 2. The number of carbonyl (C=O) groups is 1. The van der Waals surface area contributed by atoms with Gasteiger partial charge in [-0.15, -0.1) is 0 Å². The molecular formula is C22H24N4O2. The molecule has 2 N–H and O–H groups in total. The molecule has 1 amide bonds. The maximum atomic E-state index is 12.4. The molecule has 0 aliphatic rings. The molecular weight excluding hydrogens is 352 g/mol. The Morgan fingerprint density at radius 1 is 1.04 bits per heavy atom. The minimum absolute atomic E-state index is 0.247. The summed E-state index contributed by atoms with van der Waals surface area (Å²) in [5.41, 5.74) is 2.99. The van der Waals surface area contributed by atoms with Crippen molar-refractivity contribution in [1.29, 1.82) is 0 Å². The second-order valence-electron chi connectivity index (χ2n) is 6.57. The first-order valence-corrected chi connectivity index (χ1v) is 9.29. The summed E-state index contributed by atoms with van der Waals surface area (Å²) in [5, 5.41) is 6.00. The SMILES string of the molecule is CCOc1ccccc1Nc1cnc(C(=O)Nc2ccc(C(C)C)cc2)cn1. The molecule has 0 spiro atoms. The van der Waals surface area contributed by atoms with Gasteiger partial charge in [-0.2, -0.15) is 0 Å². The fourth-order valence-corrected chi connectivity index (χ4v) is 2.65. The Balaban J connectivity index is 1.66. The van der Waals surface area contributed by atoms with Gasteiger partial charge in [0.1, 0.15) is 17.3 Å². The number of rotatable bonds is 7. The van der Waals surface area contributed by atoms with E-state index in [0.717, 1.165) is 17.1 Å². The molecule has 0 fully saturated rings. The molecule has 0 atom stereocenters. The first kappa shape index (κ1) is 19.4. The Morgan fingerprint density at radius 2 is 1.79 bits per heavy atom. The highest BCUT2D eigenvalue weighted by Crippen LogP contribution is 2.26. The van der Waals surface area contributed by atoms with Gasteiger partial charge in [-0.3, -0.25) is 4.79 Å². The number of para-hydroxylation sites is 2. The Morgan fingerprint density at radius 3 is 2.43 bits per heavy atom. The third-order valence-corrected chi connectivity index (χ3v) is 4.17. The molecule has 0 saturated heterocycles. The van der Waals surface area contributed by atoms with E-state index in [2.05, 4.69) is 34.4 Å². The zero-order valence-electron chi connectivity index (χ0n) is 16.3. The smallest absolute Gasteiger partial charge is 0.275 e. The van der Waals surface area contributed by atoms with E-state index in [1.165, 1.54) is 18.0 Å². The second-order valence-corrected chi connectivity index (χ2v) is 6.57. The summed E-state index contributed by atoms with van der Waals surface area (Å²) in [6.45, 7) is 6.76. The van der Waals surface area contributed by atoms with E-state index in [-0.39, 0.29) is 11.6 Å². The molecule has 6 nitrogen and oxygen atoms in total. The summed E-state index contributed by atoms with van der Waals surface area (Å²) in [5.74, 6) is 1.41. The third kappa shape index (κ3) is 4.85. The van der Waals surface area contributed by atoms with E-state index in [4.69, 9.17) is 4.74 Å². The summed E-state index contributed by atoms with van der Waals surface area (Å²) >= 11 is 0. The molecule has 0 aliphatic carbocycles. The number of amides is 1. The molecule has 0 saturated carbocycles. The highest BCUT2D eigenvalue weighted by molar-refractivity contribution is 6.02. The average molecular weight is 376 g/mol. The van der Waals surface area contributed by atoms with Gasteiger partial charge in [-0.05, 0) is 42.7 Å². The summed E-state index contributed by atoms with van der Waals surface area (Å²) in [6, 6.07) is 15.4. The lowest BCUT2D eigenvalue weighted by Gasteiger charge is -2.11. The van der Waals surface area contributed by atoms with Crippen molar-refractivity contribution in [3.05, 3.63) is 72.2 Å². The maximum absolute atomic E-state index is 12.4. The molecule has 1 heterocycles. The average Bonchev–Trinajstić information content (AvgIpc) is 2.70. The van der Waals surface area contributed by atoms with E-state index < -0.39 is 0 Å². The Bertz CT molecular complexity index is 922. The fourth-order valence-electron chi connectivity index (χ4n) is 2.65. The molecule has 3 rings (SSSR count). The van der Waals surface area contributed by atoms with Crippen LogP contribution in [0.1, 0.15) is 42.7 Å². The molecule has 0 bridgehead atoms. The normalized spacial score (nSPS) is 10.6. The van der Waals surface area contributed by atoms with Crippen LogP contribution in [0, 0.1) is 0 Å². The zero-order valence-corrected chi connectivity index (χ0v) is 16.3. The van der Waals surface area contributed by atoms with Crippen LogP contribution < -0.4 is 15.4 Å². The zero-order chi connectivity index (χ0) is 19.9. The lowest BCUT2D eigenvalue weighted by molar-refractivity contribution is 0.102. The van der Waals surface area contributed by atoms with Crippen LogP contribution in [0.25, 0.3) is 0 Å². The fraction of sp³-hybridized carbons (Fsp3) is 0.227. The Hall–Kier alpha value is -3.41. The minimum atomic E-state index is -0.300. The monoisotopic (exact) mass is 376 g/mol. The summed E-state index contributed by atoms with van der Waals surface area (Å²) < 4.78 is 5.59. The van der Waals surface area contributed by atoms with Crippen LogP contribution in [0.5, 0.6) is 5.75 Å². The van der Waals surface area contributed by atoms with Gasteiger partial charge in [-0.25, -0.2) is 9.97 Å². The molecule has 0 radical (unpaired) electrons. The first-order chi connectivity index (χ1) is 13.6. The van der Waals surface area contributed by atoms with E-state index in [1.54, 1.807) is 0 Å². The van der Waals surface area contributed by atoms with Crippen molar-refractivity contribution in [3.8, 4) is 5.75 Å². The van der Waals surface area contributed by atoms with Gasteiger partial charge in [0.2, 0.25) is 0 Å². The van der Waals surface area contributed by atoms with Crippen molar-refractivity contribution in [3.63, 3.8) is 0 Å². The quantitative estimate of drug-likeness (QED) is 0.607. The summed E-state index contributed by atoms with van der Waals surface area (Å²) in [7, 11) is 0. The van der Waals surface area contributed by atoms with Crippen LogP contribution in [-0.4, -0.2) is 22.5 Å². The van der Waals surface area contributed by atoms with Crippen LogP contribution in [-0.2, 0) is 0 Å². The number of ether oxygens (including phenoxy) is 1. The number of nitrogens with one attached hydrogen (secondary N) is 2. The number of hydrogen-bond donors (Lipinski definition) is 2. The van der Waals surface area contributed by atoms with Crippen molar-refractivity contribution in [2.24, 2.45) is 0 Å².